The zero-order chi connectivity index (χ0) is 12.6. The Balaban J connectivity index is 1.48. The van der Waals surface area contributed by atoms with Crippen LogP contribution in [0.4, 0.5) is 0 Å². The zero-order valence-corrected chi connectivity index (χ0v) is 11.5. The van der Waals surface area contributed by atoms with Crippen molar-refractivity contribution in [3.63, 3.8) is 0 Å². The van der Waals surface area contributed by atoms with Gasteiger partial charge in [0.15, 0.2) is 0 Å². The number of hydrogen-bond donors (Lipinski definition) is 1. The Kier molecular flexibility index (Phi) is 5.68. The van der Waals surface area contributed by atoms with Gasteiger partial charge in [-0.05, 0) is 45.8 Å². The first kappa shape index (κ1) is 13.6. The molecule has 4 heteroatoms. The van der Waals surface area contributed by atoms with Crippen molar-refractivity contribution in [3.05, 3.63) is 18.7 Å². The van der Waals surface area contributed by atoms with Crippen LogP contribution in [0.2, 0.25) is 0 Å². The molecule has 1 aliphatic rings. The SMILES string of the molecule is CN1CCCCC1CNCCCCn1ccnc1. The van der Waals surface area contributed by atoms with Gasteiger partial charge in [0.1, 0.15) is 0 Å². The second-order valence-electron chi connectivity index (χ2n) is 5.34. The maximum absolute atomic E-state index is 4.05. The molecule has 0 radical (unpaired) electrons. The lowest BCUT2D eigenvalue weighted by Crippen LogP contribution is -2.43. The summed E-state index contributed by atoms with van der Waals surface area (Å²) < 4.78 is 2.15. The highest BCUT2D eigenvalue weighted by atomic mass is 15.2. The molecule has 0 spiro atoms. The summed E-state index contributed by atoms with van der Waals surface area (Å²) in [7, 11) is 2.25. The summed E-state index contributed by atoms with van der Waals surface area (Å²) in [5.41, 5.74) is 0. The van der Waals surface area contributed by atoms with Crippen LogP contribution in [0.1, 0.15) is 32.1 Å². The zero-order valence-electron chi connectivity index (χ0n) is 11.5. The molecule has 1 N–H and O–H groups in total. The lowest BCUT2D eigenvalue weighted by molar-refractivity contribution is 0.181. The molecule has 2 rings (SSSR count). The highest BCUT2D eigenvalue weighted by molar-refractivity contribution is 4.76. The van der Waals surface area contributed by atoms with E-state index in [1.807, 2.05) is 18.7 Å². The van der Waals surface area contributed by atoms with Gasteiger partial charge in [-0.15, -0.1) is 0 Å². The third-order valence-corrected chi connectivity index (χ3v) is 3.88. The number of aromatic nitrogens is 2. The molecule has 102 valence electrons. The number of piperidine rings is 1. The molecule has 1 unspecified atom stereocenters. The van der Waals surface area contributed by atoms with Gasteiger partial charge < -0.3 is 14.8 Å². The van der Waals surface area contributed by atoms with E-state index in [0.29, 0.717) is 0 Å². The molecule has 1 aliphatic heterocycles. The topological polar surface area (TPSA) is 33.1 Å². The fourth-order valence-corrected chi connectivity index (χ4v) is 2.63. The molecule has 1 aromatic heterocycles. The van der Waals surface area contributed by atoms with Crippen molar-refractivity contribution in [2.45, 2.75) is 44.7 Å². The number of hydrogen-bond acceptors (Lipinski definition) is 3. The molecule has 2 heterocycles. The summed E-state index contributed by atoms with van der Waals surface area (Å²) in [6.07, 6.45) is 12.4. The maximum atomic E-state index is 4.05. The van der Waals surface area contributed by atoms with Gasteiger partial charge in [-0.3, -0.25) is 0 Å². The van der Waals surface area contributed by atoms with E-state index < -0.39 is 0 Å². The molecule has 4 nitrogen and oxygen atoms in total. The van der Waals surface area contributed by atoms with E-state index in [4.69, 9.17) is 0 Å². The second-order valence-corrected chi connectivity index (χ2v) is 5.34. The third kappa shape index (κ3) is 4.42. The van der Waals surface area contributed by atoms with E-state index in [9.17, 15) is 0 Å². The first-order valence-corrected chi connectivity index (χ1v) is 7.23. The summed E-state index contributed by atoms with van der Waals surface area (Å²) >= 11 is 0. The predicted molar refractivity (Wildman–Crippen MR) is 74.6 cm³/mol. The molecule has 0 aromatic carbocycles. The second kappa shape index (κ2) is 7.54. The van der Waals surface area contributed by atoms with Gasteiger partial charge in [0.2, 0.25) is 0 Å². The van der Waals surface area contributed by atoms with Crippen molar-refractivity contribution in [2.24, 2.45) is 0 Å². The summed E-state index contributed by atoms with van der Waals surface area (Å²) in [6.45, 7) is 4.65. The number of aryl methyl sites for hydroxylation is 1. The van der Waals surface area contributed by atoms with Crippen LogP contribution >= 0.6 is 0 Å². The third-order valence-electron chi connectivity index (χ3n) is 3.88. The fraction of sp³-hybridized carbons (Fsp3) is 0.786. The maximum Gasteiger partial charge on any atom is 0.0945 e. The number of likely N-dealkylation sites (N-methyl/N-ethyl adjacent to an activating group) is 1. The molecule has 18 heavy (non-hydrogen) atoms. The number of unbranched alkanes of at least 4 members (excludes halogenated alkanes) is 1. The van der Waals surface area contributed by atoms with Gasteiger partial charge in [-0.2, -0.15) is 0 Å². The number of imidazole rings is 1. The van der Waals surface area contributed by atoms with Crippen LogP contribution in [0.3, 0.4) is 0 Å². The minimum absolute atomic E-state index is 0.757. The molecule has 0 amide bonds. The highest BCUT2D eigenvalue weighted by Crippen LogP contribution is 2.13. The molecular formula is C14H26N4. The van der Waals surface area contributed by atoms with Crippen molar-refractivity contribution in [1.29, 1.82) is 0 Å². The smallest absolute Gasteiger partial charge is 0.0945 e. The molecule has 1 atom stereocenters. The number of rotatable bonds is 7. The van der Waals surface area contributed by atoms with Crippen molar-refractivity contribution in [3.8, 4) is 0 Å². The van der Waals surface area contributed by atoms with Crippen LogP contribution in [-0.4, -0.2) is 47.2 Å². The minimum Gasteiger partial charge on any atom is -0.337 e. The number of nitrogens with zero attached hydrogens (tertiary/aromatic N) is 3. The Hall–Kier alpha value is -0.870. The van der Waals surface area contributed by atoms with Crippen molar-refractivity contribution < 1.29 is 0 Å². The summed E-state index contributed by atoms with van der Waals surface area (Å²) in [6, 6.07) is 0.757. The standard InChI is InChI=1S/C14H26N4/c1-17-9-4-2-6-14(17)12-15-7-3-5-10-18-11-8-16-13-18/h8,11,13-15H,2-7,9-10,12H2,1H3. The Morgan fingerprint density at radius 3 is 3.06 bits per heavy atom. The van der Waals surface area contributed by atoms with Crippen LogP contribution in [0.15, 0.2) is 18.7 Å². The summed E-state index contributed by atoms with van der Waals surface area (Å²) in [5, 5.41) is 3.60. The molecule has 0 saturated carbocycles. The normalized spacial score (nSPS) is 21.3. The van der Waals surface area contributed by atoms with E-state index in [0.717, 1.165) is 25.7 Å². The quantitative estimate of drug-likeness (QED) is 0.748. The summed E-state index contributed by atoms with van der Waals surface area (Å²) in [5.74, 6) is 0. The highest BCUT2D eigenvalue weighted by Gasteiger charge is 2.17. The van der Waals surface area contributed by atoms with E-state index in [1.165, 1.54) is 38.6 Å². The van der Waals surface area contributed by atoms with Crippen molar-refractivity contribution >= 4 is 0 Å². The Labute approximate surface area is 110 Å². The van der Waals surface area contributed by atoms with Gasteiger partial charge in [-0.25, -0.2) is 4.98 Å². The average molecular weight is 250 g/mol. The van der Waals surface area contributed by atoms with E-state index in [2.05, 4.69) is 26.8 Å². The molecule has 1 fully saturated rings. The molecular weight excluding hydrogens is 224 g/mol. The Morgan fingerprint density at radius 2 is 2.28 bits per heavy atom. The molecule has 1 saturated heterocycles. The van der Waals surface area contributed by atoms with Crippen molar-refractivity contribution in [1.82, 2.24) is 19.8 Å². The monoisotopic (exact) mass is 250 g/mol. The van der Waals surface area contributed by atoms with Gasteiger partial charge in [0.25, 0.3) is 0 Å². The van der Waals surface area contributed by atoms with Crippen LogP contribution in [0, 0.1) is 0 Å². The van der Waals surface area contributed by atoms with Crippen LogP contribution in [0.5, 0.6) is 0 Å². The summed E-state index contributed by atoms with van der Waals surface area (Å²) in [4.78, 5) is 6.55. The van der Waals surface area contributed by atoms with Crippen LogP contribution in [0.25, 0.3) is 0 Å². The van der Waals surface area contributed by atoms with E-state index in [1.54, 1.807) is 0 Å². The van der Waals surface area contributed by atoms with E-state index in [-0.39, 0.29) is 0 Å². The first-order valence-electron chi connectivity index (χ1n) is 7.23. The van der Waals surface area contributed by atoms with E-state index >= 15 is 0 Å². The van der Waals surface area contributed by atoms with Gasteiger partial charge in [0.05, 0.1) is 6.33 Å². The van der Waals surface area contributed by atoms with Gasteiger partial charge in [-0.1, -0.05) is 6.42 Å². The Morgan fingerprint density at radius 1 is 1.33 bits per heavy atom. The lowest BCUT2D eigenvalue weighted by atomic mass is 10.0. The lowest BCUT2D eigenvalue weighted by Gasteiger charge is -2.32. The van der Waals surface area contributed by atoms with Crippen LogP contribution in [-0.2, 0) is 6.54 Å². The number of likely N-dealkylation sites (tertiary alicyclic amines) is 1. The molecule has 1 aromatic rings. The van der Waals surface area contributed by atoms with Crippen molar-refractivity contribution in [2.75, 3.05) is 26.7 Å². The average Bonchev–Trinajstić information content (AvgIpc) is 2.89. The van der Waals surface area contributed by atoms with Gasteiger partial charge in [0, 0.05) is 31.5 Å². The Bertz CT molecular complexity index is 310. The molecule has 0 bridgehead atoms. The van der Waals surface area contributed by atoms with Crippen LogP contribution < -0.4 is 5.32 Å². The fourth-order valence-electron chi connectivity index (χ4n) is 2.63. The molecule has 0 aliphatic carbocycles. The van der Waals surface area contributed by atoms with Gasteiger partial charge >= 0.3 is 0 Å². The predicted octanol–water partition coefficient (Wildman–Crippen LogP) is 1.74. The largest absolute Gasteiger partial charge is 0.337 e. The number of nitrogens with one attached hydrogen (secondary N) is 1. The minimum atomic E-state index is 0.757. The first-order chi connectivity index (χ1) is 8.86.